The summed E-state index contributed by atoms with van der Waals surface area (Å²) in [5.41, 5.74) is 17.3. The zero-order chi connectivity index (χ0) is 47.1. The zero-order valence-corrected chi connectivity index (χ0v) is 39.1. The van der Waals surface area contributed by atoms with E-state index < -0.39 is 0 Å². The number of hydrogen-bond donors (Lipinski definition) is 0. The van der Waals surface area contributed by atoms with Crippen molar-refractivity contribution in [1.82, 2.24) is 0 Å². The van der Waals surface area contributed by atoms with E-state index >= 15 is 0 Å². The van der Waals surface area contributed by atoms with Crippen molar-refractivity contribution in [3.05, 3.63) is 296 Å². The average molecular weight is 897 g/mol. The molecule has 334 valence electrons. The van der Waals surface area contributed by atoms with Crippen molar-refractivity contribution in [2.45, 2.75) is 6.42 Å². The number of benzene rings is 10. The molecule has 11 rings (SSSR count). The van der Waals surface area contributed by atoms with Gasteiger partial charge in [-0.15, -0.1) is 0 Å². The van der Waals surface area contributed by atoms with E-state index in [1.54, 1.807) is 0 Å². The van der Waals surface area contributed by atoms with Crippen LogP contribution < -0.4 is 9.80 Å². The number of para-hydroxylation sites is 2. The van der Waals surface area contributed by atoms with Crippen LogP contribution >= 0.6 is 0 Å². The van der Waals surface area contributed by atoms with Crippen molar-refractivity contribution in [3.63, 3.8) is 0 Å². The van der Waals surface area contributed by atoms with Gasteiger partial charge in [-0.1, -0.05) is 231 Å². The van der Waals surface area contributed by atoms with E-state index in [0.717, 1.165) is 57.0 Å². The Kier molecular flexibility index (Phi) is 12.5. The second-order valence-corrected chi connectivity index (χ2v) is 17.6. The molecule has 0 heterocycles. The molecule has 2 heteroatoms. The highest BCUT2D eigenvalue weighted by atomic mass is 15.1. The monoisotopic (exact) mass is 896 g/mol. The van der Waals surface area contributed by atoms with Crippen molar-refractivity contribution in [1.29, 1.82) is 0 Å². The van der Waals surface area contributed by atoms with Gasteiger partial charge < -0.3 is 9.80 Å². The number of hydrogen-bond acceptors (Lipinski definition) is 2. The molecule has 0 atom stereocenters. The minimum Gasteiger partial charge on any atom is -0.338 e. The average Bonchev–Trinajstić information content (AvgIpc) is 3.65. The highest BCUT2D eigenvalue weighted by Crippen LogP contribution is 2.50. The summed E-state index contributed by atoms with van der Waals surface area (Å²) in [6, 6.07) is 85.4. The minimum absolute atomic E-state index is 0.644. The molecule has 0 unspecified atom stereocenters. The molecule has 0 N–H and O–H groups in total. The fourth-order valence-electron chi connectivity index (χ4n) is 10.1. The van der Waals surface area contributed by atoms with Crippen molar-refractivity contribution >= 4 is 62.0 Å². The van der Waals surface area contributed by atoms with Crippen LogP contribution in [0.15, 0.2) is 279 Å². The van der Waals surface area contributed by atoms with Gasteiger partial charge in [0.25, 0.3) is 0 Å². The predicted octanol–water partition coefficient (Wildman–Crippen LogP) is 18.6. The van der Waals surface area contributed by atoms with E-state index in [-0.39, 0.29) is 0 Å². The lowest BCUT2D eigenvalue weighted by atomic mass is 9.78. The van der Waals surface area contributed by atoms with Gasteiger partial charge in [-0.25, -0.2) is 0 Å². The summed E-state index contributed by atoms with van der Waals surface area (Å²) in [6.45, 7) is 4.97. The molecule has 10 aromatic rings. The predicted molar refractivity (Wildman–Crippen MR) is 302 cm³/mol. The Labute approximate surface area is 412 Å². The molecule has 10 aromatic carbocycles. The fraction of sp³-hybridized carbons (Fsp3) is 0.0294. The molecule has 0 spiro atoms. The number of nitrogens with zero attached hydrogens (tertiary/aromatic N) is 2. The van der Waals surface area contributed by atoms with Crippen LogP contribution in [0.1, 0.15) is 23.1 Å². The van der Waals surface area contributed by atoms with Crippen LogP contribution in [0, 0.1) is 0 Å². The maximum Gasteiger partial charge on any atom is 0.0458 e. The molecule has 0 saturated heterocycles. The minimum atomic E-state index is 0.644. The first-order valence-corrected chi connectivity index (χ1v) is 24.1. The Morgan fingerprint density at radius 1 is 0.457 bits per heavy atom. The third kappa shape index (κ3) is 8.83. The Morgan fingerprint density at radius 3 is 1.67 bits per heavy atom. The summed E-state index contributed by atoms with van der Waals surface area (Å²) < 4.78 is 0. The number of rotatable bonds is 13. The second kappa shape index (κ2) is 20.1. The van der Waals surface area contributed by atoms with Crippen LogP contribution in [0.2, 0.25) is 0 Å². The van der Waals surface area contributed by atoms with Gasteiger partial charge in [0.1, 0.15) is 0 Å². The van der Waals surface area contributed by atoms with Gasteiger partial charge in [-0.2, -0.15) is 0 Å². The van der Waals surface area contributed by atoms with E-state index in [4.69, 9.17) is 0 Å². The first-order chi connectivity index (χ1) is 34.7. The van der Waals surface area contributed by atoms with Gasteiger partial charge in [-0.05, 0) is 132 Å². The van der Waals surface area contributed by atoms with E-state index in [9.17, 15) is 0 Å². The van der Waals surface area contributed by atoms with E-state index in [0.29, 0.717) is 6.54 Å². The largest absolute Gasteiger partial charge is 0.338 e. The zero-order valence-electron chi connectivity index (χ0n) is 39.1. The van der Waals surface area contributed by atoms with Crippen LogP contribution in [0.3, 0.4) is 0 Å². The summed E-state index contributed by atoms with van der Waals surface area (Å²) in [7, 11) is 0. The lowest BCUT2D eigenvalue weighted by molar-refractivity contribution is 1.10. The highest BCUT2D eigenvalue weighted by molar-refractivity contribution is 6.16. The van der Waals surface area contributed by atoms with Crippen LogP contribution in [-0.2, 0) is 0 Å². The summed E-state index contributed by atoms with van der Waals surface area (Å²) in [5, 5.41) is 4.83. The molecule has 0 fully saturated rings. The molecule has 0 aliphatic heterocycles. The highest BCUT2D eigenvalue weighted by Gasteiger charge is 2.25. The molecular formula is C68H52N2. The molecule has 1 aliphatic carbocycles. The first kappa shape index (κ1) is 43.6. The molecule has 0 amide bonds. The maximum atomic E-state index is 4.33. The molecule has 70 heavy (non-hydrogen) atoms. The van der Waals surface area contributed by atoms with Crippen molar-refractivity contribution < 1.29 is 0 Å². The quantitative estimate of drug-likeness (QED) is 0.106. The Balaban J connectivity index is 1.12. The van der Waals surface area contributed by atoms with Crippen molar-refractivity contribution in [3.8, 4) is 33.4 Å². The topological polar surface area (TPSA) is 6.48 Å². The normalized spacial score (nSPS) is 12.4. The number of fused-ring (bicyclic) bond motifs is 3. The summed E-state index contributed by atoms with van der Waals surface area (Å²) in [6.07, 6.45) is 16.4. The van der Waals surface area contributed by atoms with Crippen molar-refractivity contribution in [2.24, 2.45) is 0 Å². The van der Waals surface area contributed by atoms with Gasteiger partial charge in [0.05, 0.1) is 0 Å². The van der Waals surface area contributed by atoms with Crippen LogP contribution in [-0.4, -0.2) is 6.54 Å². The summed E-state index contributed by atoms with van der Waals surface area (Å²) in [5.74, 6) is 0. The van der Waals surface area contributed by atoms with E-state index in [1.807, 2.05) is 6.08 Å². The summed E-state index contributed by atoms with van der Waals surface area (Å²) in [4.78, 5) is 4.80. The molecule has 2 nitrogen and oxygen atoms in total. The van der Waals surface area contributed by atoms with Gasteiger partial charge >= 0.3 is 0 Å². The lowest BCUT2D eigenvalue weighted by Gasteiger charge is -2.28. The second-order valence-electron chi connectivity index (χ2n) is 17.6. The standard InChI is InChI=1S/C68H52N2/c1-2-23-52(33-22-47-69(58-34-11-5-12-35-58)61-46-41-51-25-16-18-30-56(51)48-61)67-65(53-26-7-3-8-27-53)63-39-19-20-40-64(63)66(54-28-9-4-10-29-54)68(67)55-42-44-60(45-43-55)70(59-36-13-6-14-37-59)62-38-21-32-50-24-15-17-31-57(50)49-62/h2-37,39-46,48-49H,1,38,47H2/b33-22-,52-23+. The lowest BCUT2D eigenvalue weighted by Crippen LogP contribution is -2.16. The number of anilines is 4. The van der Waals surface area contributed by atoms with Crippen LogP contribution in [0.5, 0.6) is 0 Å². The molecule has 1 aliphatic rings. The Bertz CT molecular complexity index is 3580. The SMILES string of the molecule is C=C/C=C(\C=C/CN(c1ccccc1)c1ccc2ccccc2c1)c1c(-c2ccc(N(C3=Cc4ccccc4C=CC3)c3ccccc3)cc2)c(-c2ccccc2)c2ccccc2c1-c1ccccc1. The molecule has 0 saturated carbocycles. The van der Waals surface area contributed by atoms with Gasteiger partial charge in [0.15, 0.2) is 0 Å². The third-order valence-electron chi connectivity index (χ3n) is 13.3. The van der Waals surface area contributed by atoms with Crippen molar-refractivity contribution in [2.75, 3.05) is 16.3 Å². The Hall–Kier alpha value is -8.98. The van der Waals surface area contributed by atoms with Gasteiger partial charge in [0.2, 0.25) is 0 Å². The third-order valence-corrected chi connectivity index (χ3v) is 13.3. The molecule has 0 bridgehead atoms. The first-order valence-electron chi connectivity index (χ1n) is 24.1. The van der Waals surface area contributed by atoms with Crippen LogP contribution in [0.25, 0.3) is 72.7 Å². The maximum absolute atomic E-state index is 4.33. The van der Waals surface area contributed by atoms with E-state index in [2.05, 4.69) is 289 Å². The fourth-order valence-corrected chi connectivity index (χ4v) is 10.1. The van der Waals surface area contributed by atoms with E-state index in [1.165, 1.54) is 55.1 Å². The van der Waals surface area contributed by atoms with Gasteiger partial charge in [-0.3, -0.25) is 0 Å². The Morgan fingerprint density at radius 2 is 0.986 bits per heavy atom. The molecular weight excluding hydrogens is 845 g/mol. The summed E-state index contributed by atoms with van der Waals surface area (Å²) >= 11 is 0. The van der Waals surface area contributed by atoms with Crippen LogP contribution in [0.4, 0.5) is 22.7 Å². The number of allylic oxidation sites excluding steroid dienone is 5. The molecule has 0 radical (unpaired) electrons. The van der Waals surface area contributed by atoms with Gasteiger partial charge in [0, 0.05) is 41.4 Å². The smallest absolute Gasteiger partial charge is 0.0458 e. The molecule has 0 aromatic heterocycles.